The average molecular weight is 196 g/mol. The van der Waals surface area contributed by atoms with Crippen LogP contribution >= 0.6 is 11.8 Å². The second kappa shape index (κ2) is 3.91. The normalized spacial score (nSPS) is 21.4. The van der Waals surface area contributed by atoms with Gasteiger partial charge in [-0.1, -0.05) is 26.8 Å². The highest BCUT2D eigenvalue weighted by Crippen LogP contribution is 2.39. The highest BCUT2D eigenvalue weighted by atomic mass is 32.2. The van der Waals surface area contributed by atoms with Gasteiger partial charge in [-0.25, -0.2) is 0 Å². The van der Waals surface area contributed by atoms with E-state index in [1.165, 1.54) is 5.57 Å². The van der Waals surface area contributed by atoms with Gasteiger partial charge in [0.1, 0.15) is 0 Å². The van der Waals surface area contributed by atoms with Crippen LogP contribution in [0.3, 0.4) is 0 Å². The van der Waals surface area contributed by atoms with Gasteiger partial charge in [0.15, 0.2) is 0 Å². The first-order valence-corrected chi connectivity index (χ1v) is 5.94. The fourth-order valence-electron chi connectivity index (χ4n) is 1.62. The van der Waals surface area contributed by atoms with Crippen molar-refractivity contribution in [1.29, 1.82) is 0 Å². The molecule has 0 atom stereocenters. The van der Waals surface area contributed by atoms with E-state index in [-0.39, 0.29) is 4.75 Å². The Morgan fingerprint density at radius 3 is 2.46 bits per heavy atom. The minimum Gasteiger partial charge on any atom is -0.123 e. The van der Waals surface area contributed by atoms with Crippen molar-refractivity contribution in [2.24, 2.45) is 5.92 Å². The van der Waals surface area contributed by atoms with Crippen LogP contribution in [0.2, 0.25) is 0 Å². The second-order valence-electron chi connectivity index (χ2n) is 4.47. The van der Waals surface area contributed by atoms with Gasteiger partial charge in [-0.15, -0.1) is 11.8 Å². The highest BCUT2D eigenvalue weighted by Gasteiger charge is 2.22. The Bertz CT molecular complexity index is 244. The molecule has 74 valence electrons. The lowest BCUT2D eigenvalue weighted by Crippen LogP contribution is -2.16. The van der Waals surface area contributed by atoms with Crippen LogP contribution in [0.1, 0.15) is 41.0 Å². The predicted octanol–water partition coefficient (Wildman–Crippen LogP) is 4.39. The van der Waals surface area contributed by atoms with Crippen molar-refractivity contribution >= 4 is 11.8 Å². The first kappa shape index (κ1) is 10.9. The smallest absolute Gasteiger partial charge is 0.0329 e. The molecule has 13 heavy (non-hydrogen) atoms. The molecule has 0 fully saturated rings. The molecule has 0 unspecified atom stereocenters. The first-order valence-electron chi connectivity index (χ1n) is 5.06. The Kier molecular flexibility index (Phi) is 3.28. The Hall–Kier alpha value is -0.170. The third-order valence-corrected chi connectivity index (χ3v) is 3.51. The molecular weight excluding hydrogens is 176 g/mol. The molecule has 1 rings (SSSR count). The van der Waals surface area contributed by atoms with E-state index in [9.17, 15) is 0 Å². The van der Waals surface area contributed by atoms with Gasteiger partial charge in [-0.2, -0.15) is 0 Å². The molecule has 0 aromatic carbocycles. The van der Waals surface area contributed by atoms with Crippen molar-refractivity contribution in [2.75, 3.05) is 0 Å². The molecule has 0 radical (unpaired) electrons. The zero-order valence-electron chi connectivity index (χ0n) is 9.35. The summed E-state index contributed by atoms with van der Waals surface area (Å²) in [5.74, 6) is 0.659. The third kappa shape index (κ3) is 2.63. The van der Waals surface area contributed by atoms with Gasteiger partial charge in [0, 0.05) is 4.75 Å². The largest absolute Gasteiger partial charge is 0.123 e. The third-order valence-electron chi connectivity index (χ3n) is 2.38. The molecule has 1 heterocycles. The lowest BCUT2D eigenvalue weighted by molar-refractivity contribution is 0.741. The van der Waals surface area contributed by atoms with Gasteiger partial charge in [0.25, 0.3) is 0 Å². The molecule has 0 aliphatic carbocycles. The van der Waals surface area contributed by atoms with E-state index in [0.29, 0.717) is 5.92 Å². The summed E-state index contributed by atoms with van der Waals surface area (Å²) in [5.41, 5.74) is 3.07. The maximum atomic E-state index is 2.43. The van der Waals surface area contributed by atoms with Crippen LogP contribution in [-0.2, 0) is 0 Å². The summed E-state index contributed by atoms with van der Waals surface area (Å²) in [4.78, 5) is 0. The Balaban J connectivity index is 2.95. The summed E-state index contributed by atoms with van der Waals surface area (Å²) in [5, 5.41) is 2.34. The minimum atomic E-state index is 0.290. The maximum absolute atomic E-state index is 2.43. The van der Waals surface area contributed by atoms with Crippen LogP contribution in [0.5, 0.6) is 0 Å². The minimum absolute atomic E-state index is 0.290. The van der Waals surface area contributed by atoms with Gasteiger partial charge in [-0.05, 0) is 42.7 Å². The molecule has 1 aliphatic heterocycles. The predicted molar refractivity (Wildman–Crippen MR) is 63.0 cm³/mol. The van der Waals surface area contributed by atoms with Crippen molar-refractivity contribution in [2.45, 2.75) is 45.8 Å². The van der Waals surface area contributed by atoms with Crippen LogP contribution < -0.4 is 0 Å². The summed E-state index contributed by atoms with van der Waals surface area (Å²) in [6.07, 6.45) is 3.59. The molecule has 0 aromatic heterocycles. The molecule has 1 aliphatic rings. The van der Waals surface area contributed by atoms with E-state index in [1.54, 1.807) is 5.57 Å². The molecule has 0 amide bonds. The number of hydrogen-bond acceptors (Lipinski definition) is 1. The van der Waals surface area contributed by atoms with Gasteiger partial charge < -0.3 is 0 Å². The lowest BCUT2D eigenvalue weighted by atomic mass is 9.91. The number of thioether (sulfide) groups is 1. The van der Waals surface area contributed by atoms with Gasteiger partial charge in [0.2, 0.25) is 0 Å². The van der Waals surface area contributed by atoms with E-state index in [1.807, 2.05) is 11.8 Å². The second-order valence-corrected chi connectivity index (χ2v) is 6.00. The lowest BCUT2D eigenvalue weighted by Gasteiger charge is -2.28. The molecule has 0 bridgehead atoms. The van der Waals surface area contributed by atoms with Crippen molar-refractivity contribution in [3.8, 4) is 0 Å². The summed E-state index contributed by atoms with van der Waals surface area (Å²) >= 11 is 1.94. The van der Waals surface area contributed by atoms with Crippen LogP contribution in [0.4, 0.5) is 0 Å². The molecule has 0 saturated carbocycles. The molecule has 0 aromatic rings. The van der Waals surface area contributed by atoms with Gasteiger partial charge in [-0.3, -0.25) is 0 Å². The van der Waals surface area contributed by atoms with Crippen molar-refractivity contribution in [1.82, 2.24) is 0 Å². The maximum Gasteiger partial charge on any atom is 0.0329 e. The molecule has 0 spiro atoms. The zero-order valence-corrected chi connectivity index (χ0v) is 10.2. The molecule has 0 nitrogen and oxygen atoms in total. The fraction of sp³-hybridized carbons (Fsp3) is 0.667. The summed E-state index contributed by atoms with van der Waals surface area (Å²) in [6, 6.07) is 0. The van der Waals surface area contributed by atoms with E-state index >= 15 is 0 Å². The quantitative estimate of drug-likeness (QED) is 0.631. The molecular formula is C12H20S. The van der Waals surface area contributed by atoms with Gasteiger partial charge in [0.05, 0.1) is 0 Å². The standard InChI is InChI=1S/C12H20S/c1-6-10-8-13-12(4,5)7-11(10)9(2)3/h7-9H,6H2,1-5H3. The summed E-state index contributed by atoms with van der Waals surface area (Å²) < 4.78 is 0.290. The SMILES string of the molecule is CCC1=CSC(C)(C)C=C1C(C)C. The van der Waals surface area contributed by atoms with E-state index in [2.05, 4.69) is 46.1 Å². The fourth-order valence-corrected chi connectivity index (χ4v) is 2.56. The van der Waals surface area contributed by atoms with Gasteiger partial charge >= 0.3 is 0 Å². The first-order chi connectivity index (χ1) is 5.96. The number of rotatable bonds is 2. The van der Waals surface area contributed by atoms with Crippen LogP contribution in [0, 0.1) is 5.92 Å². The van der Waals surface area contributed by atoms with Crippen LogP contribution in [0.15, 0.2) is 22.6 Å². The van der Waals surface area contributed by atoms with Crippen LogP contribution in [-0.4, -0.2) is 4.75 Å². The zero-order chi connectivity index (χ0) is 10.1. The Morgan fingerprint density at radius 2 is 2.00 bits per heavy atom. The van der Waals surface area contributed by atoms with E-state index in [4.69, 9.17) is 0 Å². The topological polar surface area (TPSA) is 0 Å². The molecule has 1 heteroatoms. The summed E-state index contributed by atoms with van der Waals surface area (Å²) in [6.45, 7) is 11.4. The van der Waals surface area contributed by atoms with Crippen molar-refractivity contribution in [3.63, 3.8) is 0 Å². The number of allylic oxidation sites excluding steroid dienone is 2. The highest BCUT2D eigenvalue weighted by molar-refractivity contribution is 8.03. The van der Waals surface area contributed by atoms with Crippen LogP contribution in [0.25, 0.3) is 0 Å². The van der Waals surface area contributed by atoms with E-state index < -0.39 is 0 Å². The number of hydrogen-bond donors (Lipinski definition) is 0. The molecule has 0 saturated heterocycles. The monoisotopic (exact) mass is 196 g/mol. The Labute approximate surface area is 86.5 Å². The summed E-state index contributed by atoms with van der Waals surface area (Å²) in [7, 11) is 0. The van der Waals surface area contributed by atoms with E-state index in [0.717, 1.165) is 6.42 Å². The van der Waals surface area contributed by atoms with Crippen molar-refractivity contribution in [3.05, 3.63) is 22.6 Å². The Morgan fingerprint density at radius 1 is 1.38 bits per heavy atom. The molecule has 0 N–H and O–H groups in total. The average Bonchev–Trinajstić information content (AvgIpc) is 2.03. The van der Waals surface area contributed by atoms with Crippen molar-refractivity contribution < 1.29 is 0 Å².